The highest BCUT2D eigenvalue weighted by Gasteiger charge is 2.28. The number of aromatic nitrogens is 2. The predicted octanol–water partition coefficient (Wildman–Crippen LogP) is 3.84. The maximum absolute atomic E-state index is 13.8. The lowest BCUT2D eigenvalue weighted by Gasteiger charge is -2.32. The molecule has 2 amide bonds. The van der Waals surface area contributed by atoms with E-state index in [4.69, 9.17) is 0 Å². The van der Waals surface area contributed by atoms with E-state index in [1.165, 1.54) is 6.07 Å². The number of hydrogen-bond donors (Lipinski definition) is 2. The quantitative estimate of drug-likeness (QED) is 0.899. The van der Waals surface area contributed by atoms with Crippen molar-refractivity contribution in [1.82, 2.24) is 15.1 Å². The first-order chi connectivity index (χ1) is 11.7. The van der Waals surface area contributed by atoms with Gasteiger partial charge in [-0.25, -0.2) is 9.18 Å². The van der Waals surface area contributed by atoms with E-state index in [0.29, 0.717) is 24.1 Å². The highest BCUT2D eigenvalue weighted by molar-refractivity contribution is 5.89. The van der Waals surface area contributed by atoms with E-state index in [1.807, 2.05) is 11.0 Å². The number of hydrogen-bond acceptors (Lipinski definition) is 2. The lowest BCUT2D eigenvalue weighted by molar-refractivity contribution is 0.192. The third-order valence-corrected chi connectivity index (χ3v) is 4.94. The molecule has 0 radical (unpaired) electrons. The number of urea groups is 1. The molecule has 1 atom stereocenters. The number of piperidine rings is 1. The number of benzene rings is 1. The standard InChI is InChI=1S/C18H21FN4O/c19-16-6-5-14(10-15(16)12-3-4-12)21-18(24)23-9-1-2-13(11-23)17-7-8-20-22-17/h5-8,10,12-13H,1-4,9,11H2,(H,20,22)(H,21,24)/t13-/m1/s1. The fourth-order valence-corrected chi connectivity index (χ4v) is 3.44. The van der Waals surface area contributed by atoms with E-state index in [1.54, 1.807) is 18.3 Å². The lowest BCUT2D eigenvalue weighted by atomic mass is 9.95. The van der Waals surface area contributed by atoms with E-state index in [0.717, 1.165) is 43.5 Å². The molecule has 1 saturated heterocycles. The van der Waals surface area contributed by atoms with Crippen molar-refractivity contribution in [2.45, 2.75) is 37.5 Å². The van der Waals surface area contributed by atoms with Crippen molar-refractivity contribution >= 4 is 11.7 Å². The molecule has 2 N–H and O–H groups in total. The van der Waals surface area contributed by atoms with Crippen LogP contribution in [0.4, 0.5) is 14.9 Å². The lowest BCUT2D eigenvalue weighted by Crippen LogP contribution is -2.41. The molecule has 1 aliphatic heterocycles. The van der Waals surface area contributed by atoms with Crippen LogP contribution in [-0.2, 0) is 0 Å². The minimum atomic E-state index is -0.173. The fraction of sp³-hybridized carbons (Fsp3) is 0.444. The van der Waals surface area contributed by atoms with Crippen molar-refractivity contribution in [2.75, 3.05) is 18.4 Å². The normalized spacial score (nSPS) is 20.9. The molecule has 1 aromatic heterocycles. The van der Waals surface area contributed by atoms with Gasteiger partial charge in [0.2, 0.25) is 0 Å². The largest absolute Gasteiger partial charge is 0.324 e. The van der Waals surface area contributed by atoms with Crippen molar-refractivity contribution in [2.24, 2.45) is 0 Å². The Morgan fingerprint density at radius 3 is 2.88 bits per heavy atom. The zero-order valence-corrected chi connectivity index (χ0v) is 13.5. The Morgan fingerprint density at radius 2 is 2.12 bits per heavy atom. The van der Waals surface area contributed by atoms with E-state index in [2.05, 4.69) is 15.5 Å². The third kappa shape index (κ3) is 3.13. The number of halogens is 1. The monoisotopic (exact) mass is 328 g/mol. The van der Waals surface area contributed by atoms with Crippen LogP contribution in [0.3, 0.4) is 0 Å². The molecule has 1 aromatic carbocycles. The summed E-state index contributed by atoms with van der Waals surface area (Å²) in [7, 11) is 0. The first kappa shape index (κ1) is 15.2. The van der Waals surface area contributed by atoms with Gasteiger partial charge >= 0.3 is 6.03 Å². The number of nitrogens with zero attached hydrogens (tertiary/aromatic N) is 2. The molecule has 24 heavy (non-hydrogen) atoms. The number of carbonyl (C=O) groups is 1. The van der Waals surface area contributed by atoms with Crippen LogP contribution in [0.2, 0.25) is 0 Å². The molecule has 2 heterocycles. The SMILES string of the molecule is O=C(Nc1ccc(F)c(C2CC2)c1)N1CCC[C@@H](c2ccn[nH]2)C1. The molecule has 0 bridgehead atoms. The number of aromatic amines is 1. The zero-order chi connectivity index (χ0) is 16.5. The van der Waals surface area contributed by atoms with Crippen LogP contribution in [0.5, 0.6) is 0 Å². The van der Waals surface area contributed by atoms with Crippen LogP contribution < -0.4 is 5.32 Å². The molecule has 0 unspecified atom stereocenters. The zero-order valence-electron chi connectivity index (χ0n) is 13.5. The number of rotatable bonds is 3. The Kier molecular flexibility index (Phi) is 3.96. The molecule has 2 fully saturated rings. The summed E-state index contributed by atoms with van der Waals surface area (Å²) in [5.41, 5.74) is 2.47. The van der Waals surface area contributed by atoms with E-state index in [-0.39, 0.29) is 11.8 Å². The number of carbonyl (C=O) groups excluding carboxylic acids is 1. The molecule has 0 spiro atoms. The van der Waals surface area contributed by atoms with Gasteiger partial charge in [-0.3, -0.25) is 5.10 Å². The molecule has 2 aromatic rings. The fourth-order valence-electron chi connectivity index (χ4n) is 3.44. The van der Waals surface area contributed by atoms with Crippen LogP contribution >= 0.6 is 0 Å². The predicted molar refractivity (Wildman–Crippen MR) is 89.5 cm³/mol. The van der Waals surface area contributed by atoms with E-state index in [9.17, 15) is 9.18 Å². The van der Waals surface area contributed by atoms with Gasteiger partial charge in [-0.15, -0.1) is 0 Å². The molecule has 4 rings (SSSR count). The van der Waals surface area contributed by atoms with Crippen LogP contribution in [0, 0.1) is 5.82 Å². The summed E-state index contributed by atoms with van der Waals surface area (Å²) in [4.78, 5) is 14.4. The van der Waals surface area contributed by atoms with Crippen LogP contribution in [0.1, 0.15) is 48.8 Å². The number of anilines is 1. The topological polar surface area (TPSA) is 61.0 Å². The number of nitrogens with one attached hydrogen (secondary N) is 2. The van der Waals surface area contributed by atoms with Gasteiger partial charge in [-0.2, -0.15) is 5.10 Å². The summed E-state index contributed by atoms with van der Waals surface area (Å²) < 4.78 is 13.8. The van der Waals surface area contributed by atoms with Crippen molar-refractivity contribution in [3.8, 4) is 0 Å². The van der Waals surface area contributed by atoms with Gasteiger partial charge in [0.15, 0.2) is 0 Å². The Morgan fingerprint density at radius 1 is 1.25 bits per heavy atom. The molecule has 1 saturated carbocycles. The summed E-state index contributed by atoms with van der Waals surface area (Å²) in [6, 6.07) is 6.71. The summed E-state index contributed by atoms with van der Waals surface area (Å²) in [5, 5.41) is 9.92. The Balaban J connectivity index is 1.43. The number of amides is 2. The molecule has 6 heteroatoms. The van der Waals surface area contributed by atoms with Crippen molar-refractivity contribution in [3.63, 3.8) is 0 Å². The summed E-state index contributed by atoms with van der Waals surface area (Å²) in [6.07, 6.45) is 5.83. The molecular formula is C18H21FN4O. The van der Waals surface area contributed by atoms with Crippen molar-refractivity contribution in [3.05, 3.63) is 47.5 Å². The second-order valence-corrected chi connectivity index (χ2v) is 6.74. The molecule has 5 nitrogen and oxygen atoms in total. The molecule has 126 valence electrons. The van der Waals surface area contributed by atoms with Gasteiger partial charge in [0.05, 0.1) is 0 Å². The summed E-state index contributed by atoms with van der Waals surface area (Å²) >= 11 is 0. The van der Waals surface area contributed by atoms with Gasteiger partial charge in [0, 0.05) is 36.6 Å². The number of H-pyrrole nitrogens is 1. The maximum Gasteiger partial charge on any atom is 0.321 e. The average Bonchev–Trinajstić information content (AvgIpc) is 3.30. The third-order valence-electron chi connectivity index (χ3n) is 4.94. The van der Waals surface area contributed by atoms with Gasteiger partial charge in [0.25, 0.3) is 0 Å². The summed E-state index contributed by atoms with van der Waals surface area (Å²) in [5.74, 6) is 0.441. The summed E-state index contributed by atoms with van der Waals surface area (Å²) in [6.45, 7) is 1.41. The Labute approximate surface area is 140 Å². The van der Waals surface area contributed by atoms with Gasteiger partial charge in [-0.05, 0) is 61.4 Å². The number of likely N-dealkylation sites (tertiary alicyclic amines) is 1. The molecule has 2 aliphatic rings. The first-order valence-corrected chi connectivity index (χ1v) is 8.55. The average molecular weight is 328 g/mol. The smallest absolute Gasteiger partial charge is 0.321 e. The van der Waals surface area contributed by atoms with Crippen LogP contribution in [0.25, 0.3) is 0 Å². The van der Waals surface area contributed by atoms with Crippen LogP contribution in [-0.4, -0.2) is 34.2 Å². The van der Waals surface area contributed by atoms with Gasteiger partial charge in [-0.1, -0.05) is 0 Å². The van der Waals surface area contributed by atoms with Crippen LogP contribution in [0.15, 0.2) is 30.5 Å². The Bertz CT molecular complexity index is 727. The molecular weight excluding hydrogens is 307 g/mol. The van der Waals surface area contributed by atoms with Crippen molar-refractivity contribution in [1.29, 1.82) is 0 Å². The first-order valence-electron chi connectivity index (χ1n) is 8.55. The van der Waals surface area contributed by atoms with Crippen molar-refractivity contribution < 1.29 is 9.18 Å². The van der Waals surface area contributed by atoms with E-state index < -0.39 is 0 Å². The molecule has 1 aliphatic carbocycles. The second-order valence-electron chi connectivity index (χ2n) is 6.74. The Hall–Kier alpha value is -2.37. The highest BCUT2D eigenvalue weighted by atomic mass is 19.1. The second kappa shape index (κ2) is 6.26. The van der Waals surface area contributed by atoms with Gasteiger partial charge in [0.1, 0.15) is 5.82 Å². The van der Waals surface area contributed by atoms with E-state index >= 15 is 0 Å². The minimum absolute atomic E-state index is 0.118. The minimum Gasteiger partial charge on any atom is -0.324 e. The van der Waals surface area contributed by atoms with Gasteiger partial charge < -0.3 is 10.2 Å². The maximum atomic E-state index is 13.8. The highest BCUT2D eigenvalue weighted by Crippen LogP contribution is 2.42.